The molecule has 5 nitrogen and oxygen atoms in total. The number of hydrogen-bond donors (Lipinski definition) is 3. The number of rotatable bonds is 0. The molecule has 0 spiro atoms. The van der Waals surface area contributed by atoms with Gasteiger partial charge in [0.25, 0.3) is 0 Å². The molecule has 0 fully saturated rings. The van der Waals surface area contributed by atoms with Crippen molar-refractivity contribution in [3.63, 3.8) is 0 Å². The fourth-order valence-electron chi connectivity index (χ4n) is 2.27. The largest absolute Gasteiger partial charge is 0.507 e. The second-order valence-corrected chi connectivity index (χ2v) is 5.33. The summed E-state index contributed by atoms with van der Waals surface area (Å²) in [5.74, 6) is -1.12. The summed E-state index contributed by atoms with van der Waals surface area (Å²) in [4.78, 5) is 12.6. The highest BCUT2D eigenvalue weighted by Gasteiger charge is 2.20. The van der Waals surface area contributed by atoms with Crippen LogP contribution in [-0.2, 0) is 0 Å². The molecule has 0 saturated carbocycles. The second-order valence-electron chi connectivity index (χ2n) is 4.57. The van der Waals surface area contributed by atoms with E-state index in [1.165, 1.54) is 6.07 Å². The maximum atomic E-state index is 12.6. The molecule has 0 aliphatic carbocycles. The summed E-state index contributed by atoms with van der Waals surface area (Å²) in [6.07, 6.45) is 0. The van der Waals surface area contributed by atoms with Gasteiger partial charge in [-0.05, 0) is 12.5 Å². The Labute approximate surface area is 127 Å². The summed E-state index contributed by atoms with van der Waals surface area (Å²) < 4.78 is 5.47. The molecule has 1 aromatic heterocycles. The van der Waals surface area contributed by atoms with Crippen LogP contribution in [0.15, 0.2) is 21.3 Å². The molecular formula is C14H8Cl2O5. The minimum atomic E-state index is -0.551. The van der Waals surface area contributed by atoms with Crippen LogP contribution >= 0.6 is 23.2 Å². The number of halogens is 2. The van der Waals surface area contributed by atoms with E-state index in [9.17, 15) is 20.1 Å². The first-order valence-electron chi connectivity index (χ1n) is 5.82. The topological polar surface area (TPSA) is 90.9 Å². The van der Waals surface area contributed by atoms with Crippen LogP contribution < -0.4 is 5.43 Å². The fourth-order valence-corrected chi connectivity index (χ4v) is 2.60. The van der Waals surface area contributed by atoms with Gasteiger partial charge in [-0.1, -0.05) is 23.2 Å². The van der Waals surface area contributed by atoms with Crippen LogP contribution in [0.1, 0.15) is 5.56 Å². The number of phenolic OH excluding ortho intramolecular Hbond substituents is 3. The van der Waals surface area contributed by atoms with Crippen molar-refractivity contribution in [2.75, 3.05) is 0 Å². The van der Waals surface area contributed by atoms with Gasteiger partial charge in [0.15, 0.2) is 5.58 Å². The first-order chi connectivity index (χ1) is 9.82. The third kappa shape index (κ3) is 1.81. The van der Waals surface area contributed by atoms with Crippen LogP contribution in [0.3, 0.4) is 0 Å². The molecule has 0 atom stereocenters. The molecule has 3 N–H and O–H groups in total. The normalized spacial score (nSPS) is 11.4. The zero-order chi connectivity index (χ0) is 15.5. The zero-order valence-corrected chi connectivity index (χ0v) is 12.1. The van der Waals surface area contributed by atoms with Gasteiger partial charge in [0, 0.05) is 12.1 Å². The van der Waals surface area contributed by atoms with Gasteiger partial charge in [-0.25, -0.2) is 0 Å². The molecule has 0 saturated heterocycles. The molecule has 0 bridgehead atoms. The molecule has 0 amide bonds. The lowest BCUT2D eigenvalue weighted by Crippen LogP contribution is -2.05. The number of hydrogen-bond acceptors (Lipinski definition) is 5. The van der Waals surface area contributed by atoms with E-state index in [0.717, 1.165) is 6.07 Å². The first kappa shape index (κ1) is 13.9. The fraction of sp³-hybridized carbons (Fsp3) is 0.0714. The van der Waals surface area contributed by atoms with E-state index in [4.69, 9.17) is 27.6 Å². The molecule has 108 valence electrons. The van der Waals surface area contributed by atoms with Crippen molar-refractivity contribution in [1.82, 2.24) is 0 Å². The minimum absolute atomic E-state index is 0.0264. The standard InChI is InChI=1S/C14H8Cl2O5/c1-4-9-8(3-7(19)11(4)15)21-14-10(13(9)20)5(17)2-6(18)12(14)16/h2-3,17-19H,1H3. The van der Waals surface area contributed by atoms with Crippen LogP contribution in [-0.4, -0.2) is 15.3 Å². The van der Waals surface area contributed by atoms with Crippen molar-refractivity contribution in [2.45, 2.75) is 6.92 Å². The summed E-state index contributed by atoms with van der Waals surface area (Å²) in [6.45, 7) is 1.55. The molecule has 1 heterocycles. The van der Waals surface area contributed by atoms with Gasteiger partial charge < -0.3 is 19.7 Å². The highest BCUT2D eigenvalue weighted by Crippen LogP contribution is 2.40. The Morgan fingerprint density at radius 3 is 2.24 bits per heavy atom. The smallest absolute Gasteiger partial charge is 0.204 e. The van der Waals surface area contributed by atoms with Gasteiger partial charge in [0.05, 0.1) is 10.4 Å². The van der Waals surface area contributed by atoms with Gasteiger partial charge in [0.1, 0.15) is 33.2 Å². The Hall–Kier alpha value is -2.11. The van der Waals surface area contributed by atoms with Gasteiger partial charge in [0.2, 0.25) is 5.43 Å². The van der Waals surface area contributed by atoms with E-state index in [-0.39, 0.29) is 37.7 Å². The van der Waals surface area contributed by atoms with Crippen molar-refractivity contribution < 1.29 is 19.7 Å². The summed E-state index contributed by atoms with van der Waals surface area (Å²) in [5, 5.41) is 29.0. The van der Waals surface area contributed by atoms with Crippen molar-refractivity contribution in [3.8, 4) is 17.2 Å². The summed E-state index contributed by atoms with van der Waals surface area (Å²) in [5.41, 5.74) is -0.331. The number of aryl methyl sites for hydroxylation is 1. The number of phenols is 3. The monoisotopic (exact) mass is 326 g/mol. The highest BCUT2D eigenvalue weighted by atomic mass is 35.5. The Morgan fingerprint density at radius 2 is 1.57 bits per heavy atom. The Kier molecular flexibility index (Phi) is 2.93. The maximum Gasteiger partial charge on any atom is 0.204 e. The van der Waals surface area contributed by atoms with E-state index in [1.807, 2.05) is 0 Å². The van der Waals surface area contributed by atoms with Crippen molar-refractivity contribution in [2.24, 2.45) is 0 Å². The summed E-state index contributed by atoms with van der Waals surface area (Å²) >= 11 is 11.8. The van der Waals surface area contributed by atoms with E-state index in [0.29, 0.717) is 5.56 Å². The van der Waals surface area contributed by atoms with Gasteiger partial charge in [-0.3, -0.25) is 4.79 Å². The van der Waals surface area contributed by atoms with Crippen molar-refractivity contribution in [3.05, 3.63) is 38.0 Å². The van der Waals surface area contributed by atoms with E-state index in [1.54, 1.807) is 6.92 Å². The predicted molar refractivity (Wildman–Crippen MR) is 79.7 cm³/mol. The molecule has 0 unspecified atom stereocenters. The van der Waals surface area contributed by atoms with Crippen LogP contribution in [0, 0.1) is 6.92 Å². The van der Waals surface area contributed by atoms with E-state index >= 15 is 0 Å². The first-order valence-corrected chi connectivity index (χ1v) is 6.57. The summed E-state index contributed by atoms with van der Waals surface area (Å²) in [6, 6.07) is 2.15. The molecular weight excluding hydrogens is 319 g/mol. The Morgan fingerprint density at radius 1 is 0.952 bits per heavy atom. The van der Waals surface area contributed by atoms with Crippen LogP contribution in [0.4, 0.5) is 0 Å². The molecule has 2 aromatic carbocycles. The van der Waals surface area contributed by atoms with Crippen molar-refractivity contribution >= 4 is 45.1 Å². The van der Waals surface area contributed by atoms with Crippen LogP contribution in [0.5, 0.6) is 17.2 Å². The van der Waals surface area contributed by atoms with E-state index < -0.39 is 16.9 Å². The van der Waals surface area contributed by atoms with Gasteiger partial charge in [-0.2, -0.15) is 0 Å². The number of fused-ring (bicyclic) bond motifs is 2. The lowest BCUT2D eigenvalue weighted by atomic mass is 10.1. The van der Waals surface area contributed by atoms with Gasteiger partial charge >= 0.3 is 0 Å². The number of benzene rings is 2. The molecule has 7 heteroatoms. The zero-order valence-electron chi connectivity index (χ0n) is 10.6. The van der Waals surface area contributed by atoms with Crippen molar-refractivity contribution in [1.29, 1.82) is 0 Å². The van der Waals surface area contributed by atoms with Gasteiger partial charge in [-0.15, -0.1) is 0 Å². The molecule has 3 aromatic rings. The summed E-state index contributed by atoms with van der Waals surface area (Å²) in [7, 11) is 0. The third-order valence-corrected chi connectivity index (χ3v) is 4.13. The number of aromatic hydroxyl groups is 3. The Balaban J connectivity index is 2.69. The highest BCUT2D eigenvalue weighted by molar-refractivity contribution is 6.37. The Bertz CT molecular complexity index is 968. The quantitative estimate of drug-likeness (QED) is 0.548. The lowest BCUT2D eigenvalue weighted by molar-refractivity contribution is 0.453. The SMILES string of the molecule is Cc1c(Cl)c(O)cc2oc3c(Cl)c(O)cc(O)c3c(=O)c12. The minimum Gasteiger partial charge on any atom is -0.507 e. The maximum absolute atomic E-state index is 12.6. The molecule has 3 rings (SSSR count). The molecule has 0 radical (unpaired) electrons. The lowest BCUT2D eigenvalue weighted by Gasteiger charge is -2.09. The van der Waals surface area contributed by atoms with Crippen LogP contribution in [0.2, 0.25) is 10.0 Å². The average Bonchev–Trinajstić information content (AvgIpc) is 2.41. The van der Waals surface area contributed by atoms with E-state index in [2.05, 4.69) is 0 Å². The predicted octanol–water partition coefficient (Wildman–Crippen LogP) is 3.68. The third-order valence-electron chi connectivity index (χ3n) is 3.29. The molecule has 21 heavy (non-hydrogen) atoms. The second kappa shape index (κ2) is 4.44. The average molecular weight is 327 g/mol. The molecule has 0 aliphatic heterocycles. The molecule has 0 aliphatic rings. The van der Waals surface area contributed by atoms with Crippen LogP contribution in [0.25, 0.3) is 21.9 Å².